The largest absolute Gasteiger partial charge is 0.487 e. The molecule has 0 amide bonds. The fraction of sp³-hybridized carbons (Fsp3) is 0.269. The Morgan fingerprint density at radius 1 is 1.16 bits per heavy atom. The lowest BCUT2D eigenvalue weighted by Crippen LogP contribution is -2.12. The minimum absolute atomic E-state index is 0.139. The van der Waals surface area contributed by atoms with Crippen LogP contribution in [-0.4, -0.2) is 10.1 Å². The Morgan fingerprint density at radius 2 is 1.88 bits per heavy atom. The number of aromatic nitrogens is 1. The van der Waals surface area contributed by atoms with Crippen LogP contribution in [0.4, 0.5) is 11.4 Å². The fourth-order valence-electron chi connectivity index (χ4n) is 3.73. The molecule has 1 fully saturated rings. The smallest absolute Gasteiger partial charge is 0.187 e. The predicted molar refractivity (Wildman–Crippen MR) is 122 cm³/mol. The van der Waals surface area contributed by atoms with Crippen molar-refractivity contribution < 1.29 is 9.84 Å². The molecular formula is C26H24N4O2. The van der Waals surface area contributed by atoms with Crippen molar-refractivity contribution in [2.75, 3.05) is 5.32 Å². The lowest BCUT2D eigenvalue weighted by atomic mass is 10.0. The van der Waals surface area contributed by atoms with Gasteiger partial charge in [-0.15, -0.1) is 0 Å². The summed E-state index contributed by atoms with van der Waals surface area (Å²) in [5.74, 6) is 1.04. The van der Waals surface area contributed by atoms with Crippen LogP contribution in [0.2, 0.25) is 0 Å². The van der Waals surface area contributed by atoms with Crippen LogP contribution < -0.4 is 10.1 Å². The molecule has 160 valence electrons. The quantitative estimate of drug-likeness (QED) is 0.475. The van der Waals surface area contributed by atoms with E-state index in [0.29, 0.717) is 36.1 Å². The van der Waals surface area contributed by atoms with E-state index >= 15 is 0 Å². The van der Waals surface area contributed by atoms with Crippen LogP contribution in [0.5, 0.6) is 5.75 Å². The monoisotopic (exact) mass is 424 g/mol. The Balaban J connectivity index is 1.60. The summed E-state index contributed by atoms with van der Waals surface area (Å²) in [6.45, 7) is 9.70. The van der Waals surface area contributed by atoms with Gasteiger partial charge < -0.3 is 15.2 Å². The molecule has 4 rings (SSSR count). The van der Waals surface area contributed by atoms with Gasteiger partial charge in [0.1, 0.15) is 12.4 Å². The summed E-state index contributed by atoms with van der Waals surface area (Å²) >= 11 is 0. The number of aliphatic hydroxyl groups is 1. The van der Waals surface area contributed by atoms with E-state index in [9.17, 15) is 5.11 Å². The molecule has 0 radical (unpaired) electrons. The number of nitrogens with one attached hydrogen (secondary N) is 1. The predicted octanol–water partition coefficient (Wildman–Crippen LogP) is 5.37. The van der Waals surface area contributed by atoms with Crippen LogP contribution in [0.25, 0.3) is 4.85 Å². The fourth-order valence-corrected chi connectivity index (χ4v) is 3.73. The second-order valence-corrected chi connectivity index (χ2v) is 7.91. The van der Waals surface area contributed by atoms with E-state index in [4.69, 9.17) is 21.6 Å². The molecule has 0 saturated heterocycles. The van der Waals surface area contributed by atoms with Gasteiger partial charge in [0.2, 0.25) is 0 Å². The van der Waals surface area contributed by atoms with Gasteiger partial charge in [-0.2, -0.15) is 5.26 Å². The average Bonchev–Trinajstić information content (AvgIpc) is 3.68. The number of aryl methyl sites for hydroxylation is 1. The summed E-state index contributed by atoms with van der Waals surface area (Å²) < 4.78 is 6.13. The van der Waals surface area contributed by atoms with Crippen molar-refractivity contribution in [3.63, 3.8) is 0 Å². The van der Waals surface area contributed by atoms with Gasteiger partial charge in [0.15, 0.2) is 5.69 Å². The topological polar surface area (TPSA) is 82.5 Å². The zero-order chi connectivity index (χ0) is 22.5. The number of ether oxygens (including phenoxy) is 1. The van der Waals surface area contributed by atoms with Crippen LogP contribution >= 0.6 is 0 Å². The Bertz CT molecular complexity index is 1180. The van der Waals surface area contributed by atoms with Gasteiger partial charge in [0.25, 0.3) is 0 Å². The first kappa shape index (κ1) is 21.4. The maximum atomic E-state index is 10.3. The SMILES string of the molecule is [C-]#[N+]c1ccc(COc2c(C)nc(C3CC3)c(CNc3ccc(C#N)cc3)c2CO)cc1. The highest BCUT2D eigenvalue weighted by Gasteiger charge is 2.30. The highest BCUT2D eigenvalue weighted by atomic mass is 16.5. The molecule has 6 nitrogen and oxygen atoms in total. The van der Waals surface area contributed by atoms with Gasteiger partial charge in [-0.25, -0.2) is 4.85 Å². The number of aliphatic hydroxyl groups excluding tert-OH is 1. The molecule has 1 saturated carbocycles. The van der Waals surface area contributed by atoms with Gasteiger partial charge in [0, 0.05) is 35.0 Å². The summed E-state index contributed by atoms with van der Waals surface area (Å²) in [5.41, 5.74) is 6.59. The van der Waals surface area contributed by atoms with E-state index in [0.717, 1.165) is 46.6 Å². The van der Waals surface area contributed by atoms with E-state index in [1.165, 1.54) is 0 Å². The molecule has 0 unspecified atom stereocenters. The third-order valence-electron chi connectivity index (χ3n) is 5.62. The number of hydrogen-bond acceptors (Lipinski definition) is 5. The zero-order valence-corrected chi connectivity index (χ0v) is 17.9. The normalized spacial score (nSPS) is 12.6. The summed E-state index contributed by atoms with van der Waals surface area (Å²) in [6, 6.07) is 16.7. The van der Waals surface area contributed by atoms with Crippen LogP contribution in [0.1, 0.15) is 52.4 Å². The Morgan fingerprint density at radius 3 is 2.47 bits per heavy atom. The maximum Gasteiger partial charge on any atom is 0.187 e. The van der Waals surface area contributed by atoms with Gasteiger partial charge in [0.05, 0.1) is 30.5 Å². The van der Waals surface area contributed by atoms with Crippen LogP contribution in [-0.2, 0) is 19.8 Å². The number of anilines is 1. The van der Waals surface area contributed by atoms with E-state index in [-0.39, 0.29) is 6.61 Å². The van der Waals surface area contributed by atoms with E-state index in [1.54, 1.807) is 24.3 Å². The maximum absolute atomic E-state index is 10.3. The summed E-state index contributed by atoms with van der Waals surface area (Å²) in [6.07, 6.45) is 2.21. The van der Waals surface area contributed by atoms with Crippen molar-refractivity contribution in [1.29, 1.82) is 5.26 Å². The standard InChI is InChI=1S/C26H24N4O2/c1-17-26(32-16-19-5-9-21(28-2)10-6-19)24(15-31)23(25(30-17)20-7-8-20)14-29-22-11-3-18(13-27)4-12-22/h3-6,9-12,20,29,31H,7-8,14-16H2,1H3. The van der Waals surface area contributed by atoms with Gasteiger partial charge in [-0.1, -0.05) is 24.3 Å². The van der Waals surface area contributed by atoms with Gasteiger partial charge in [-0.05, 0) is 49.6 Å². The van der Waals surface area contributed by atoms with Crippen molar-refractivity contribution in [3.05, 3.63) is 93.6 Å². The summed E-state index contributed by atoms with van der Waals surface area (Å²) in [4.78, 5) is 8.28. The van der Waals surface area contributed by atoms with E-state index < -0.39 is 0 Å². The van der Waals surface area contributed by atoms with Gasteiger partial charge >= 0.3 is 0 Å². The van der Waals surface area contributed by atoms with E-state index in [2.05, 4.69) is 16.2 Å². The Kier molecular flexibility index (Phi) is 6.35. The highest BCUT2D eigenvalue weighted by Crippen LogP contribution is 2.43. The number of hydrogen-bond donors (Lipinski definition) is 2. The molecule has 1 heterocycles. The molecule has 6 heteroatoms. The Labute approximate surface area is 187 Å². The average molecular weight is 425 g/mol. The van der Waals surface area contributed by atoms with Gasteiger partial charge in [-0.3, -0.25) is 4.98 Å². The van der Waals surface area contributed by atoms with E-state index in [1.807, 2.05) is 31.2 Å². The molecule has 0 atom stereocenters. The molecule has 0 bridgehead atoms. The second kappa shape index (κ2) is 9.51. The van der Waals surface area contributed by atoms with Crippen LogP contribution in [0.15, 0.2) is 48.5 Å². The lowest BCUT2D eigenvalue weighted by Gasteiger charge is -2.20. The molecule has 1 aromatic heterocycles. The van der Waals surface area contributed by atoms with Crippen LogP contribution in [0.3, 0.4) is 0 Å². The molecular weight excluding hydrogens is 400 g/mol. The van der Waals surface area contributed by atoms with Crippen molar-refractivity contribution in [1.82, 2.24) is 4.98 Å². The summed E-state index contributed by atoms with van der Waals surface area (Å²) in [7, 11) is 0. The minimum Gasteiger partial charge on any atom is -0.487 e. The number of nitriles is 1. The molecule has 1 aliphatic rings. The molecule has 0 spiro atoms. The molecule has 3 aromatic rings. The van der Waals surface area contributed by atoms with Crippen molar-refractivity contribution in [2.45, 2.75) is 45.4 Å². The molecule has 2 aromatic carbocycles. The third-order valence-corrected chi connectivity index (χ3v) is 5.62. The molecule has 1 aliphatic carbocycles. The minimum atomic E-state index is -0.139. The first-order valence-corrected chi connectivity index (χ1v) is 10.6. The number of pyridine rings is 1. The number of benzene rings is 2. The van der Waals surface area contributed by atoms with Crippen molar-refractivity contribution in [3.8, 4) is 11.8 Å². The van der Waals surface area contributed by atoms with Crippen molar-refractivity contribution in [2.24, 2.45) is 0 Å². The zero-order valence-electron chi connectivity index (χ0n) is 17.9. The second-order valence-electron chi connectivity index (χ2n) is 7.91. The van der Waals surface area contributed by atoms with Crippen molar-refractivity contribution >= 4 is 11.4 Å². The lowest BCUT2D eigenvalue weighted by molar-refractivity contribution is 0.255. The number of rotatable bonds is 8. The Hall–Kier alpha value is -3.87. The third kappa shape index (κ3) is 4.72. The molecule has 0 aliphatic heterocycles. The first-order chi connectivity index (χ1) is 15.6. The highest BCUT2D eigenvalue weighted by molar-refractivity contribution is 5.52. The summed E-state index contributed by atoms with van der Waals surface area (Å²) in [5, 5.41) is 22.7. The first-order valence-electron chi connectivity index (χ1n) is 10.6. The number of nitrogens with zero attached hydrogens (tertiary/aromatic N) is 3. The molecule has 32 heavy (non-hydrogen) atoms. The molecule has 2 N–H and O–H groups in total. The van der Waals surface area contributed by atoms with Crippen LogP contribution in [0, 0.1) is 24.8 Å².